The number of likely N-dealkylation sites (N-methyl/N-ethyl adjacent to an activating group) is 1. The third kappa shape index (κ3) is 4.18. The smallest absolute Gasteiger partial charge is 0.237 e. The molecule has 122 valence electrons. The zero-order valence-electron chi connectivity index (χ0n) is 13.6. The lowest BCUT2D eigenvalue weighted by molar-refractivity contribution is -0.126. The number of ether oxygens (including phenoxy) is 1. The van der Waals surface area contributed by atoms with Gasteiger partial charge in [0, 0.05) is 19.2 Å². The van der Waals surface area contributed by atoms with Crippen LogP contribution in [0.2, 0.25) is 0 Å². The summed E-state index contributed by atoms with van der Waals surface area (Å²) in [6.07, 6.45) is 7.61. The molecular weight excluding hydrogens is 266 g/mol. The van der Waals surface area contributed by atoms with Gasteiger partial charge in [0.2, 0.25) is 5.91 Å². The summed E-state index contributed by atoms with van der Waals surface area (Å²) < 4.78 is 5.73. The van der Waals surface area contributed by atoms with E-state index in [2.05, 4.69) is 24.2 Å². The zero-order valence-corrected chi connectivity index (χ0v) is 13.6. The zero-order chi connectivity index (χ0) is 15.3. The minimum atomic E-state index is -0.510. The molecule has 2 aliphatic rings. The Labute approximate surface area is 128 Å². The highest BCUT2D eigenvalue weighted by molar-refractivity contribution is 5.84. The lowest BCUT2D eigenvalue weighted by atomic mass is 9.77. The van der Waals surface area contributed by atoms with Gasteiger partial charge in [-0.05, 0) is 58.5 Å². The second-order valence-corrected chi connectivity index (χ2v) is 6.70. The Bertz CT molecular complexity index is 344. The summed E-state index contributed by atoms with van der Waals surface area (Å²) >= 11 is 0. The summed E-state index contributed by atoms with van der Waals surface area (Å²) in [5, 5.41) is 3.43. The van der Waals surface area contributed by atoms with Crippen molar-refractivity contribution in [3.05, 3.63) is 0 Å². The van der Waals surface area contributed by atoms with E-state index in [0.717, 1.165) is 58.2 Å². The Morgan fingerprint density at radius 1 is 1.43 bits per heavy atom. The standard InChI is InChI=1S/C16H31N3O2/c1-3-9-18-16(15(17)20)8-4-6-13(11-16)19(2)12-14-7-5-10-21-14/h13-14,18H,3-12H2,1-2H3,(H2,17,20). The van der Waals surface area contributed by atoms with Crippen LogP contribution in [0.15, 0.2) is 0 Å². The van der Waals surface area contributed by atoms with Crippen LogP contribution in [0.5, 0.6) is 0 Å². The van der Waals surface area contributed by atoms with Gasteiger partial charge in [0.25, 0.3) is 0 Å². The predicted octanol–water partition coefficient (Wildman–Crippen LogP) is 1.26. The molecule has 2 fully saturated rings. The van der Waals surface area contributed by atoms with Gasteiger partial charge in [-0.25, -0.2) is 0 Å². The molecule has 0 spiro atoms. The van der Waals surface area contributed by atoms with E-state index >= 15 is 0 Å². The van der Waals surface area contributed by atoms with Gasteiger partial charge in [-0.15, -0.1) is 0 Å². The van der Waals surface area contributed by atoms with Crippen LogP contribution in [0.3, 0.4) is 0 Å². The van der Waals surface area contributed by atoms with E-state index in [1.807, 2.05) is 0 Å². The molecule has 1 aliphatic carbocycles. The molecule has 0 aromatic carbocycles. The first-order chi connectivity index (χ1) is 10.1. The average molecular weight is 297 g/mol. The van der Waals surface area contributed by atoms with E-state index in [1.165, 1.54) is 6.42 Å². The number of nitrogens with two attached hydrogens (primary N) is 1. The van der Waals surface area contributed by atoms with Gasteiger partial charge >= 0.3 is 0 Å². The predicted molar refractivity (Wildman–Crippen MR) is 84.1 cm³/mol. The number of rotatable bonds is 7. The highest BCUT2D eigenvalue weighted by Gasteiger charge is 2.42. The van der Waals surface area contributed by atoms with Crippen molar-refractivity contribution in [2.45, 2.75) is 69.6 Å². The van der Waals surface area contributed by atoms with Crippen LogP contribution in [-0.4, -0.2) is 55.2 Å². The molecule has 0 bridgehead atoms. The highest BCUT2D eigenvalue weighted by atomic mass is 16.5. The maximum atomic E-state index is 12.0. The summed E-state index contributed by atoms with van der Waals surface area (Å²) in [4.78, 5) is 14.4. The molecule has 1 aliphatic heterocycles. The van der Waals surface area contributed by atoms with Gasteiger partial charge in [-0.1, -0.05) is 6.92 Å². The number of nitrogens with one attached hydrogen (secondary N) is 1. The first-order valence-corrected chi connectivity index (χ1v) is 8.44. The minimum absolute atomic E-state index is 0.189. The topological polar surface area (TPSA) is 67.6 Å². The molecule has 5 heteroatoms. The molecule has 0 aromatic heterocycles. The molecule has 1 saturated heterocycles. The maximum Gasteiger partial charge on any atom is 0.237 e. The van der Waals surface area contributed by atoms with Crippen molar-refractivity contribution in [2.24, 2.45) is 5.73 Å². The van der Waals surface area contributed by atoms with Gasteiger partial charge in [0.15, 0.2) is 0 Å². The van der Waals surface area contributed by atoms with Gasteiger partial charge in [0.05, 0.1) is 11.6 Å². The molecular formula is C16H31N3O2. The van der Waals surface area contributed by atoms with Gasteiger partial charge in [0.1, 0.15) is 0 Å². The van der Waals surface area contributed by atoms with Crippen LogP contribution in [0, 0.1) is 0 Å². The summed E-state index contributed by atoms with van der Waals surface area (Å²) in [5.74, 6) is -0.189. The Balaban J connectivity index is 1.95. The SMILES string of the molecule is CCCNC1(C(N)=O)CCCC(N(C)CC2CCCO2)C1. The molecule has 3 N–H and O–H groups in total. The number of hydrogen-bond acceptors (Lipinski definition) is 4. The van der Waals surface area contributed by atoms with Crippen LogP contribution in [0.1, 0.15) is 51.9 Å². The third-order valence-electron chi connectivity index (χ3n) is 5.05. The Morgan fingerprint density at radius 3 is 2.86 bits per heavy atom. The number of carbonyl (C=O) groups excluding carboxylic acids is 1. The molecule has 3 unspecified atom stereocenters. The molecule has 0 radical (unpaired) electrons. The Hall–Kier alpha value is -0.650. The van der Waals surface area contributed by atoms with E-state index < -0.39 is 5.54 Å². The Morgan fingerprint density at radius 2 is 2.24 bits per heavy atom. The second-order valence-electron chi connectivity index (χ2n) is 6.70. The molecule has 2 rings (SSSR count). The molecule has 5 nitrogen and oxygen atoms in total. The van der Waals surface area contributed by atoms with Crippen molar-refractivity contribution in [1.29, 1.82) is 0 Å². The van der Waals surface area contributed by atoms with Crippen LogP contribution in [0.25, 0.3) is 0 Å². The number of amides is 1. The first-order valence-electron chi connectivity index (χ1n) is 8.44. The molecule has 21 heavy (non-hydrogen) atoms. The summed E-state index contributed by atoms with van der Waals surface area (Å²) in [5.41, 5.74) is 5.21. The summed E-state index contributed by atoms with van der Waals surface area (Å²) in [7, 11) is 2.16. The normalized spacial score (nSPS) is 33.5. The largest absolute Gasteiger partial charge is 0.377 e. The van der Waals surface area contributed by atoms with Crippen molar-refractivity contribution in [2.75, 3.05) is 26.7 Å². The van der Waals surface area contributed by atoms with Crippen LogP contribution in [-0.2, 0) is 9.53 Å². The summed E-state index contributed by atoms with van der Waals surface area (Å²) in [6, 6.07) is 0.416. The molecule has 1 saturated carbocycles. The van der Waals surface area contributed by atoms with Crippen LogP contribution < -0.4 is 11.1 Å². The molecule has 1 amide bonds. The van der Waals surface area contributed by atoms with E-state index in [0.29, 0.717) is 12.1 Å². The average Bonchev–Trinajstić information content (AvgIpc) is 2.98. The monoisotopic (exact) mass is 297 g/mol. The quantitative estimate of drug-likeness (QED) is 0.742. The fourth-order valence-electron chi connectivity index (χ4n) is 3.72. The molecule has 1 heterocycles. The van der Waals surface area contributed by atoms with Gasteiger partial charge in [-0.3, -0.25) is 4.79 Å². The van der Waals surface area contributed by atoms with Crippen molar-refractivity contribution in [3.8, 4) is 0 Å². The van der Waals surface area contributed by atoms with Crippen molar-refractivity contribution < 1.29 is 9.53 Å². The van der Waals surface area contributed by atoms with Crippen molar-refractivity contribution in [3.63, 3.8) is 0 Å². The first kappa shape index (κ1) is 16.7. The van der Waals surface area contributed by atoms with Gasteiger partial charge < -0.3 is 20.7 Å². The van der Waals surface area contributed by atoms with E-state index in [1.54, 1.807) is 0 Å². The van der Waals surface area contributed by atoms with E-state index in [-0.39, 0.29) is 5.91 Å². The number of nitrogens with zero attached hydrogens (tertiary/aromatic N) is 1. The van der Waals surface area contributed by atoms with Crippen LogP contribution in [0.4, 0.5) is 0 Å². The maximum absolute atomic E-state index is 12.0. The Kier molecular flexibility index (Phi) is 6.02. The minimum Gasteiger partial charge on any atom is -0.377 e. The molecule has 0 aromatic rings. The van der Waals surface area contributed by atoms with Crippen molar-refractivity contribution in [1.82, 2.24) is 10.2 Å². The number of carbonyl (C=O) groups is 1. The molecule has 3 atom stereocenters. The number of hydrogen-bond donors (Lipinski definition) is 2. The van der Waals surface area contributed by atoms with E-state index in [4.69, 9.17) is 10.5 Å². The van der Waals surface area contributed by atoms with Crippen molar-refractivity contribution >= 4 is 5.91 Å². The highest BCUT2D eigenvalue weighted by Crippen LogP contribution is 2.31. The lowest BCUT2D eigenvalue weighted by Gasteiger charge is -2.43. The fourth-order valence-corrected chi connectivity index (χ4v) is 3.72. The number of primary amides is 1. The van der Waals surface area contributed by atoms with E-state index in [9.17, 15) is 4.79 Å². The lowest BCUT2D eigenvalue weighted by Crippen LogP contribution is -2.60. The second kappa shape index (κ2) is 7.56. The van der Waals surface area contributed by atoms with Crippen LogP contribution >= 0.6 is 0 Å². The summed E-state index contributed by atoms with van der Waals surface area (Å²) in [6.45, 7) is 4.83. The van der Waals surface area contributed by atoms with Gasteiger partial charge in [-0.2, -0.15) is 0 Å². The third-order valence-corrected chi connectivity index (χ3v) is 5.05. The fraction of sp³-hybridized carbons (Fsp3) is 0.938.